The number of hydrogen-bond acceptors (Lipinski definition) is 2. The highest BCUT2D eigenvalue weighted by Crippen LogP contribution is 2.52. The molecule has 0 saturated heterocycles. The Morgan fingerprint density at radius 3 is 3.17 bits per heavy atom. The van der Waals surface area contributed by atoms with Crippen molar-refractivity contribution in [2.45, 2.75) is 30.8 Å². The van der Waals surface area contributed by atoms with Crippen molar-refractivity contribution in [3.8, 4) is 0 Å². The monoisotopic (exact) mass is 161 g/mol. The van der Waals surface area contributed by atoms with Gasteiger partial charge >= 0.3 is 0 Å². The van der Waals surface area contributed by atoms with Crippen molar-refractivity contribution in [1.29, 1.82) is 0 Å². The van der Waals surface area contributed by atoms with Gasteiger partial charge in [0.25, 0.3) is 0 Å². The summed E-state index contributed by atoms with van der Waals surface area (Å²) in [6, 6.07) is 2.06. The van der Waals surface area contributed by atoms with Gasteiger partial charge in [0.2, 0.25) is 0 Å². The minimum absolute atomic E-state index is 0.0927. The van der Waals surface area contributed by atoms with Crippen LogP contribution in [0.3, 0.4) is 0 Å². The molecule has 0 spiro atoms. The SMILES string of the molecule is O[C@@H]1C[C@H]2C[C@H]1c1ccncc12. The molecule has 3 rings (SSSR count). The first-order valence-electron chi connectivity index (χ1n) is 4.48. The molecule has 62 valence electrons. The summed E-state index contributed by atoms with van der Waals surface area (Å²) in [5, 5.41) is 9.65. The highest BCUT2D eigenvalue weighted by atomic mass is 16.3. The molecule has 1 aromatic rings. The van der Waals surface area contributed by atoms with E-state index in [1.165, 1.54) is 11.1 Å². The predicted molar refractivity (Wildman–Crippen MR) is 45.0 cm³/mol. The Morgan fingerprint density at radius 1 is 1.33 bits per heavy atom. The van der Waals surface area contributed by atoms with Crippen LogP contribution < -0.4 is 0 Å². The number of nitrogens with zero attached hydrogens (tertiary/aromatic N) is 1. The van der Waals surface area contributed by atoms with Crippen molar-refractivity contribution in [2.75, 3.05) is 0 Å². The fourth-order valence-electron chi connectivity index (χ4n) is 2.70. The molecule has 0 aromatic carbocycles. The van der Waals surface area contributed by atoms with Gasteiger partial charge in [-0.05, 0) is 36.0 Å². The van der Waals surface area contributed by atoms with Gasteiger partial charge in [0.15, 0.2) is 0 Å². The fraction of sp³-hybridized carbons (Fsp3) is 0.500. The molecule has 0 radical (unpaired) electrons. The summed E-state index contributed by atoms with van der Waals surface area (Å²) in [6.07, 6.45) is 5.79. The van der Waals surface area contributed by atoms with Crippen molar-refractivity contribution in [2.24, 2.45) is 0 Å². The molecule has 0 unspecified atom stereocenters. The summed E-state index contributed by atoms with van der Waals surface area (Å²) >= 11 is 0. The Hall–Kier alpha value is -0.890. The van der Waals surface area contributed by atoms with Crippen molar-refractivity contribution in [1.82, 2.24) is 4.98 Å². The number of aliphatic hydroxyl groups is 1. The summed E-state index contributed by atoms with van der Waals surface area (Å²) in [7, 11) is 0. The molecule has 12 heavy (non-hydrogen) atoms. The summed E-state index contributed by atoms with van der Waals surface area (Å²) in [4.78, 5) is 4.12. The predicted octanol–water partition coefficient (Wildman–Crippen LogP) is 1.42. The lowest BCUT2D eigenvalue weighted by atomic mass is 9.91. The lowest BCUT2D eigenvalue weighted by Crippen LogP contribution is -2.15. The van der Waals surface area contributed by atoms with Crippen molar-refractivity contribution < 1.29 is 5.11 Å². The number of aromatic nitrogens is 1. The summed E-state index contributed by atoms with van der Waals surface area (Å²) in [5.74, 6) is 1.00. The van der Waals surface area contributed by atoms with E-state index in [-0.39, 0.29) is 6.10 Å². The van der Waals surface area contributed by atoms with E-state index in [0.29, 0.717) is 11.8 Å². The van der Waals surface area contributed by atoms with Gasteiger partial charge in [0.1, 0.15) is 0 Å². The van der Waals surface area contributed by atoms with E-state index in [9.17, 15) is 5.11 Å². The molecule has 1 saturated carbocycles. The Balaban J connectivity index is 2.17. The van der Waals surface area contributed by atoms with E-state index in [1.54, 1.807) is 0 Å². The molecule has 3 atom stereocenters. The second-order valence-corrected chi connectivity index (χ2v) is 3.85. The number of aliphatic hydroxyl groups excluding tert-OH is 1. The molecule has 2 heteroatoms. The molecule has 2 bridgehead atoms. The zero-order chi connectivity index (χ0) is 8.13. The molecule has 1 aromatic heterocycles. The number of hydrogen-bond donors (Lipinski definition) is 1. The van der Waals surface area contributed by atoms with Gasteiger partial charge in [-0.25, -0.2) is 0 Å². The molecule has 1 N–H and O–H groups in total. The minimum atomic E-state index is -0.0927. The molecular weight excluding hydrogens is 150 g/mol. The first-order valence-corrected chi connectivity index (χ1v) is 4.48. The summed E-state index contributed by atoms with van der Waals surface area (Å²) in [6.45, 7) is 0. The summed E-state index contributed by atoms with van der Waals surface area (Å²) < 4.78 is 0. The van der Waals surface area contributed by atoms with Crippen LogP contribution in [0.25, 0.3) is 0 Å². The Morgan fingerprint density at radius 2 is 2.25 bits per heavy atom. The zero-order valence-corrected chi connectivity index (χ0v) is 6.77. The maximum absolute atomic E-state index is 9.65. The van der Waals surface area contributed by atoms with Crippen LogP contribution in [0.5, 0.6) is 0 Å². The van der Waals surface area contributed by atoms with Crippen molar-refractivity contribution in [3.05, 3.63) is 29.6 Å². The number of fused-ring (bicyclic) bond motifs is 5. The van der Waals surface area contributed by atoms with Crippen molar-refractivity contribution >= 4 is 0 Å². The molecule has 2 aliphatic carbocycles. The van der Waals surface area contributed by atoms with E-state index in [0.717, 1.165) is 12.8 Å². The van der Waals surface area contributed by atoms with E-state index in [4.69, 9.17) is 0 Å². The Kier molecular flexibility index (Phi) is 1.14. The van der Waals surface area contributed by atoms with Gasteiger partial charge in [-0.1, -0.05) is 0 Å². The number of rotatable bonds is 0. The second kappa shape index (κ2) is 2.07. The molecular formula is C10H11NO. The third-order valence-corrected chi connectivity index (χ3v) is 3.26. The normalized spacial score (nSPS) is 36.9. The van der Waals surface area contributed by atoms with Gasteiger partial charge in [-0.3, -0.25) is 4.98 Å². The standard InChI is InChI=1S/C10H11NO/c12-10-4-6-3-8(10)7-1-2-11-5-9(6)7/h1-2,5-6,8,10,12H,3-4H2/t6-,8+,10-/m1/s1. The molecule has 1 fully saturated rings. The van der Waals surface area contributed by atoms with Gasteiger partial charge in [-0.2, -0.15) is 0 Å². The van der Waals surface area contributed by atoms with Gasteiger partial charge in [-0.15, -0.1) is 0 Å². The third-order valence-electron chi connectivity index (χ3n) is 3.26. The van der Waals surface area contributed by atoms with E-state index in [2.05, 4.69) is 11.1 Å². The lowest BCUT2D eigenvalue weighted by molar-refractivity contribution is 0.158. The van der Waals surface area contributed by atoms with Crippen LogP contribution in [0, 0.1) is 0 Å². The summed E-state index contributed by atoms with van der Waals surface area (Å²) in [5.41, 5.74) is 2.72. The van der Waals surface area contributed by atoms with Gasteiger partial charge in [0.05, 0.1) is 6.10 Å². The Labute approximate surface area is 71.3 Å². The van der Waals surface area contributed by atoms with Crippen LogP contribution in [-0.4, -0.2) is 16.2 Å². The van der Waals surface area contributed by atoms with Crippen LogP contribution >= 0.6 is 0 Å². The smallest absolute Gasteiger partial charge is 0.0614 e. The average Bonchev–Trinajstić information content (AvgIpc) is 2.62. The fourth-order valence-corrected chi connectivity index (χ4v) is 2.70. The molecule has 1 heterocycles. The van der Waals surface area contributed by atoms with Crippen LogP contribution in [0.1, 0.15) is 35.8 Å². The van der Waals surface area contributed by atoms with E-state index < -0.39 is 0 Å². The Bertz CT molecular complexity index is 323. The highest BCUT2D eigenvalue weighted by Gasteiger charge is 2.42. The minimum Gasteiger partial charge on any atom is -0.392 e. The first-order chi connectivity index (χ1) is 5.86. The van der Waals surface area contributed by atoms with Crippen LogP contribution in [-0.2, 0) is 0 Å². The second-order valence-electron chi connectivity index (χ2n) is 3.85. The van der Waals surface area contributed by atoms with Crippen LogP contribution in [0.4, 0.5) is 0 Å². The third kappa shape index (κ3) is 0.661. The molecule has 2 aliphatic rings. The number of pyridine rings is 1. The maximum atomic E-state index is 9.65. The van der Waals surface area contributed by atoms with E-state index >= 15 is 0 Å². The largest absolute Gasteiger partial charge is 0.392 e. The first kappa shape index (κ1) is 6.61. The quantitative estimate of drug-likeness (QED) is 0.624. The van der Waals surface area contributed by atoms with Crippen LogP contribution in [0.2, 0.25) is 0 Å². The average molecular weight is 161 g/mol. The topological polar surface area (TPSA) is 33.1 Å². The van der Waals surface area contributed by atoms with Crippen LogP contribution in [0.15, 0.2) is 18.5 Å². The molecule has 2 nitrogen and oxygen atoms in total. The maximum Gasteiger partial charge on any atom is 0.0614 e. The highest BCUT2D eigenvalue weighted by molar-refractivity contribution is 5.40. The lowest BCUT2D eigenvalue weighted by Gasteiger charge is -2.18. The van der Waals surface area contributed by atoms with Gasteiger partial charge < -0.3 is 5.11 Å². The molecule has 0 aliphatic heterocycles. The molecule has 0 amide bonds. The van der Waals surface area contributed by atoms with Gasteiger partial charge in [0, 0.05) is 18.3 Å². The van der Waals surface area contributed by atoms with E-state index in [1.807, 2.05) is 12.4 Å². The zero-order valence-electron chi connectivity index (χ0n) is 6.77. The van der Waals surface area contributed by atoms with Crippen molar-refractivity contribution in [3.63, 3.8) is 0 Å².